The first-order valence-electron chi connectivity index (χ1n) is 12.7. The molecule has 3 aromatic carbocycles. The average Bonchev–Trinajstić information content (AvgIpc) is 3.36. The van der Waals surface area contributed by atoms with Crippen molar-refractivity contribution in [2.24, 2.45) is 11.8 Å². The highest BCUT2D eigenvalue weighted by molar-refractivity contribution is 5.93. The van der Waals surface area contributed by atoms with Crippen LogP contribution in [0.5, 0.6) is 0 Å². The number of carbonyl (C=O) groups is 2. The van der Waals surface area contributed by atoms with Crippen LogP contribution in [-0.4, -0.2) is 29.8 Å². The van der Waals surface area contributed by atoms with Crippen molar-refractivity contribution in [2.45, 2.75) is 38.8 Å². The van der Waals surface area contributed by atoms with Crippen LogP contribution in [-0.2, 0) is 35.5 Å². The van der Waals surface area contributed by atoms with E-state index < -0.39 is 0 Å². The Bertz CT molecular complexity index is 1230. The summed E-state index contributed by atoms with van der Waals surface area (Å²) in [4.78, 5) is 28.7. The molecule has 0 unspecified atom stereocenters. The van der Waals surface area contributed by atoms with Crippen molar-refractivity contribution < 1.29 is 14.0 Å². The molecule has 5 rings (SSSR count). The normalized spacial score (nSPS) is 19.5. The third-order valence-corrected chi connectivity index (χ3v) is 7.24. The van der Waals surface area contributed by atoms with Gasteiger partial charge in [0.25, 0.3) is 0 Å². The number of rotatable bonds is 7. The lowest BCUT2D eigenvalue weighted by Crippen LogP contribution is -2.48. The summed E-state index contributed by atoms with van der Waals surface area (Å²) in [5.74, 6) is -1.11. The summed E-state index contributed by atoms with van der Waals surface area (Å²) in [6.45, 7) is 2.11. The first kappa shape index (κ1) is 24.2. The number of nitrogens with one attached hydrogen (secondary N) is 2. The van der Waals surface area contributed by atoms with Gasteiger partial charge in [0, 0.05) is 31.9 Å². The third-order valence-electron chi connectivity index (χ3n) is 7.24. The van der Waals surface area contributed by atoms with E-state index in [1.54, 1.807) is 12.1 Å². The smallest absolute Gasteiger partial charge is 0.228 e. The predicted octanol–water partition coefficient (Wildman–Crippen LogP) is 4.71. The number of hydrogen-bond acceptors (Lipinski definition) is 3. The van der Waals surface area contributed by atoms with E-state index in [4.69, 9.17) is 0 Å². The molecule has 2 atom stereocenters. The van der Waals surface area contributed by atoms with Crippen LogP contribution in [0.2, 0.25) is 0 Å². The number of anilines is 1. The second-order valence-corrected chi connectivity index (χ2v) is 9.98. The lowest BCUT2D eigenvalue weighted by atomic mass is 9.87. The molecule has 1 aliphatic carbocycles. The van der Waals surface area contributed by atoms with Gasteiger partial charge in [0.1, 0.15) is 5.82 Å². The van der Waals surface area contributed by atoms with Crippen LogP contribution < -0.4 is 10.6 Å². The third kappa shape index (κ3) is 6.00. The number of halogens is 1. The van der Waals surface area contributed by atoms with Crippen molar-refractivity contribution in [3.8, 4) is 0 Å². The van der Waals surface area contributed by atoms with Gasteiger partial charge >= 0.3 is 0 Å². The number of hydrogen-bond donors (Lipinski definition) is 2. The first-order chi connectivity index (χ1) is 17.5. The first-order valence-corrected chi connectivity index (χ1v) is 12.7. The molecule has 0 radical (unpaired) electrons. The van der Waals surface area contributed by atoms with Crippen LogP contribution in [0.25, 0.3) is 0 Å². The molecule has 2 amide bonds. The maximum atomic E-state index is 13.5. The number of aryl methyl sites for hydroxylation is 2. The van der Waals surface area contributed by atoms with Crippen LogP contribution in [0, 0.1) is 17.7 Å². The van der Waals surface area contributed by atoms with Crippen molar-refractivity contribution in [3.63, 3.8) is 0 Å². The molecule has 5 nitrogen and oxygen atoms in total. The van der Waals surface area contributed by atoms with Crippen molar-refractivity contribution in [1.82, 2.24) is 10.2 Å². The topological polar surface area (TPSA) is 61.4 Å². The van der Waals surface area contributed by atoms with Gasteiger partial charge < -0.3 is 10.6 Å². The monoisotopic (exact) mass is 485 g/mol. The van der Waals surface area contributed by atoms with E-state index in [1.807, 2.05) is 24.3 Å². The van der Waals surface area contributed by atoms with Gasteiger partial charge in [-0.05, 0) is 72.2 Å². The summed E-state index contributed by atoms with van der Waals surface area (Å²) >= 11 is 0. The highest BCUT2D eigenvalue weighted by Crippen LogP contribution is 2.28. The fourth-order valence-electron chi connectivity index (χ4n) is 5.42. The van der Waals surface area contributed by atoms with Crippen molar-refractivity contribution in [3.05, 3.63) is 101 Å². The fourth-order valence-corrected chi connectivity index (χ4v) is 5.42. The van der Waals surface area contributed by atoms with Crippen LogP contribution in [0.3, 0.4) is 0 Å². The van der Waals surface area contributed by atoms with Crippen LogP contribution in [0.15, 0.2) is 72.8 Å². The van der Waals surface area contributed by atoms with Crippen molar-refractivity contribution >= 4 is 17.5 Å². The Labute approximate surface area is 211 Å². The molecule has 36 heavy (non-hydrogen) atoms. The summed E-state index contributed by atoms with van der Waals surface area (Å²) in [7, 11) is 0. The largest absolute Gasteiger partial charge is 0.352 e. The Morgan fingerprint density at radius 2 is 1.58 bits per heavy atom. The molecular weight excluding hydrogens is 453 g/mol. The van der Waals surface area contributed by atoms with Gasteiger partial charge in [-0.15, -0.1) is 0 Å². The molecular formula is C30H32FN3O2. The minimum atomic E-state index is -0.327. The van der Waals surface area contributed by atoms with Gasteiger partial charge in [0.2, 0.25) is 11.8 Å². The zero-order valence-electron chi connectivity index (χ0n) is 20.4. The quantitative estimate of drug-likeness (QED) is 0.510. The molecule has 0 aromatic heterocycles. The number of likely N-dealkylation sites (tertiary alicyclic amines) is 1. The number of nitrogens with zero attached hydrogens (tertiary/aromatic N) is 1. The van der Waals surface area contributed by atoms with Crippen molar-refractivity contribution in [1.29, 1.82) is 0 Å². The van der Waals surface area contributed by atoms with E-state index in [0.29, 0.717) is 31.6 Å². The number of amides is 2. The standard InChI is InChI=1S/C30H32FN3O2/c31-27-11-4-8-22(14-27)17-32-29(35)25-15-26(20-34(19-25)18-21-6-2-1-3-7-21)30(36)33-28-13-12-23-9-5-10-24(23)16-28/h1-4,6-8,11-14,16,25-26H,5,9-10,15,17-20H2,(H,32,35)(H,33,36)/t25-,26+/m0/s1. The molecule has 0 bridgehead atoms. The Hall–Kier alpha value is -3.51. The van der Waals surface area contributed by atoms with E-state index >= 15 is 0 Å². The minimum Gasteiger partial charge on any atom is -0.352 e. The summed E-state index contributed by atoms with van der Waals surface area (Å²) in [5.41, 5.74) is 5.38. The molecule has 186 valence electrons. The van der Waals surface area contributed by atoms with Gasteiger partial charge in [-0.2, -0.15) is 0 Å². The Balaban J connectivity index is 1.27. The molecule has 2 aliphatic rings. The van der Waals surface area contributed by atoms with Crippen LogP contribution >= 0.6 is 0 Å². The minimum absolute atomic E-state index is 0.0476. The molecule has 1 saturated heterocycles. The Morgan fingerprint density at radius 3 is 2.39 bits per heavy atom. The second-order valence-electron chi connectivity index (χ2n) is 9.98. The Morgan fingerprint density at radius 1 is 0.833 bits per heavy atom. The number of benzene rings is 3. The van der Waals surface area contributed by atoms with Gasteiger partial charge in [-0.25, -0.2) is 4.39 Å². The molecule has 2 N–H and O–H groups in total. The zero-order chi connectivity index (χ0) is 24.9. The lowest BCUT2D eigenvalue weighted by Gasteiger charge is -2.36. The van der Waals surface area contributed by atoms with E-state index in [-0.39, 0.29) is 36.0 Å². The van der Waals surface area contributed by atoms with E-state index in [9.17, 15) is 14.0 Å². The number of carbonyl (C=O) groups excluding carboxylic acids is 2. The maximum absolute atomic E-state index is 13.5. The molecule has 0 spiro atoms. The fraction of sp³-hybridized carbons (Fsp3) is 0.333. The number of piperidine rings is 1. The second kappa shape index (κ2) is 11.0. The molecule has 0 saturated carbocycles. The van der Waals surface area contributed by atoms with E-state index in [1.165, 1.54) is 23.3 Å². The highest BCUT2D eigenvalue weighted by atomic mass is 19.1. The molecule has 1 fully saturated rings. The van der Waals surface area contributed by atoms with Gasteiger partial charge in [0.05, 0.1) is 11.8 Å². The van der Waals surface area contributed by atoms with Gasteiger partial charge in [-0.3, -0.25) is 14.5 Å². The summed E-state index contributed by atoms with van der Waals surface area (Å²) in [5, 5.41) is 6.06. The SMILES string of the molecule is O=C(NCc1cccc(F)c1)[C@H]1C[C@@H](C(=O)Nc2ccc3c(c2)CCC3)CN(Cc2ccccc2)C1. The lowest BCUT2D eigenvalue weighted by molar-refractivity contribution is -0.130. The maximum Gasteiger partial charge on any atom is 0.228 e. The number of fused-ring (bicyclic) bond motifs is 1. The molecule has 1 heterocycles. The Kier molecular flexibility index (Phi) is 7.42. The summed E-state index contributed by atoms with van der Waals surface area (Å²) in [6.07, 6.45) is 3.81. The van der Waals surface area contributed by atoms with Gasteiger partial charge in [-0.1, -0.05) is 48.5 Å². The molecule has 1 aliphatic heterocycles. The van der Waals surface area contributed by atoms with E-state index in [0.717, 1.165) is 30.5 Å². The highest BCUT2D eigenvalue weighted by Gasteiger charge is 2.35. The molecule has 6 heteroatoms. The van der Waals surface area contributed by atoms with E-state index in [2.05, 4.69) is 39.8 Å². The predicted molar refractivity (Wildman–Crippen MR) is 139 cm³/mol. The summed E-state index contributed by atoms with van der Waals surface area (Å²) in [6, 6.07) is 22.5. The van der Waals surface area contributed by atoms with Crippen LogP contribution in [0.1, 0.15) is 35.1 Å². The molecule has 3 aromatic rings. The average molecular weight is 486 g/mol. The van der Waals surface area contributed by atoms with Crippen molar-refractivity contribution in [2.75, 3.05) is 18.4 Å². The summed E-state index contributed by atoms with van der Waals surface area (Å²) < 4.78 is 13.5. The van der Waals surface area contributed by atoms with Gasteiger partial charge in [0.15, 0.2) is 0 Å². The zero-order valence-corrected chi connectivity index (χ0v) is 20.4. The van der Waals surface area contributed by atoms with Crippen LogP contribution in [0.4, 0.5) is 10.1 Å².